The number of hydrogen-bond donors (Lipinski definition) is 2. The standard InChI is InChI=1S/C18H22O6/c1-21-15-6-5-12(10-14(15)20)13(19)7-11-8-16(22-2)18(24-4)17(9-11)23-3/h5-6,8-10,13,19-20H,7H2,1-4H3/t13-/m0/s1. The summed E-state index contributed by atoms with van der Waals surface area (Å²) in [7, 11) is 6.09. The highest BCUT2D eigenvalue weighted by Crippen LogP contribution is 2.39. The Morgan fingerprint density at radius 2 is 1.42 bits per heavy atom. The Morgan fingerprint density at radius 3 is 1.88 bits per heavy atom. The summed E-state index contributed by atoms with van der Waals surface area (Å²) in [6, 6.07) is 8.38. The summed E-state index contributed by atoms with van der Waals surface area (Å²) >= 11 is 0. The van der Waals surface area contributed by atoms with Gasteiger partial charge < -0.3 is 29.2 Å². The zero-order valence-corrected chi connectivity index (χ0v) is 14.2. The average Bonchev–Trinajstić information content (AvgIpc) is 2.60. The normalized spacial score (nSPS) is 11.7. The van der Waals surface area contributed by atoms with Crippen molar-refractivity contribution >= 4 is 0 Å². The van der Waals surface area contributed by atoms with Crippen molar-refractivity contribution in [3.63, 3.8) is 0 Å². The number of rotatable bonds is 7. The topological polar surface area (TPSA) is 77.4 Å². The highest BCUT2D eigenvalue weighted by atomic mass is 16.5. The minimum absolute atomic E-state index is 0.0149. The number of aromatic hydroxyl groups is 1. The van der Waals surface area contributed by atoms with Crippen molar-refractivity contribution < 1.29 is 29.2 Å². The lowest BCUT2D eigenvalue weighted by Crippen LogP contribution is -2.04. The summed E-state index contributed by atoms with van der Waals surface area (Å²) in [4.78, 5) is 0. The molecule has 0 aromatic heterocycles. The molecule has 0 aliphatic carbocycles. The van der Waals surface area contributed by atoms with Crippen molar-refractivity contribution in [2.24, 2.45) is 0 Å². The molecule has 2 rings (SSSR count). The molecule has 0 unspecified atom stereocenters. The summed E-state index contributed by atoms with van der Waals surface area (Å²) < 4.78 is 20.9. The lowest BCUT2D eigenvalue weighted by Gasteiger charge is -2.16. The molecule has 2 aromatic rings. The lowest BCUT2D eigenvalue weighted by molar-refractivity contribution is 0.177. The van der Waals surface area contributed by atoms with Crippen molar-refractivity contribution in [3.05, 3.63) is 41.5 Å². The second-order valence-corrected chi connectivity index (χ2v) is 5.18. The van der Waals surface area contributed by atoms with E-state index in [4.69, 9.17) is 18.9 Å². The van der Waals surface area contributed by atoms with E-state index in [-0.39, 0.29) is 5.75 Å². The van der Waals surface area contributed by atoms with Crippen molar-refractivity contribution in [3.8, 4) is 28.7 Å². The predicted molar refractivity (Wildman–Crippen MR) is 89.4 cm³/mol. The minimum Gasteiger partial charge on any atom is -0.504 e. The fourth-order valence-electron chi connectivity index (χ4n) is 2.51. The number of phenols is 1. The molecule has 6 heteroatoms. The Morgan fingerprint density at radius 1 is 0.833 bits per heavy atom. The zero-order chi connectivity index (χ0) is 17.7. The molecule has 0 fully saturated rings. The van der Waals surface area contributed by atoms with E-state index in [9.17, 15) is 10.2 Å². The molecule has 24 heavy (non-hydrogen) atoms. The van der Waals surface area contributed by atoms with Gasteiger partial charge in [-0.3, -0.25) is 0 Å². The predicted octanol–water partition coefficient (Wildman–Crippen LogP) is 2.70. The molecule has 0 amide bonds. The van der Waals surface area contributed by atoms with E-state index in [0.29, 0.717) is 35.0 Å². The molecule has 0 saturated carbocycles. The molecular formula is C18H22O6. The first-order chi connectivity index (χ1) is 11.5. The number of aliphatic hydroxyl groups is 1. The van der Waals surface area contributed by atoms with Crippen molar-refractivity contribution in [1.29, 1.82) is 0 Å². The number of phenolic OH excluding ortho intramolecular Hbond substituents is 1. The van der Waals surface area contributed by atoms with Gasteiger partial charge in [0.15, 0.2) is 23.0 Å². The maximum Gasteiger partial charge on any atom is 0.203 e. The van der Waals surface area contributed by atoms with Gasteiger partial charge in [0.1, 0.15) is 0 Å². The Labute approximate surface area is 141 Å². The summed E-state index contributed by atoms with van der Waals surface area (Å²) in [5.41, 5.74) is 1.40. The summed E-state index contributed by atoms with van der Waals surface area (Å²) in [6.07, 6.45) is -0.479. The van der Waals surface area contributed by atoms with E-state index in [0.717, 1.165) is 5.56 Å². The Kier molecular flexibility index (Phi) is 5.76. The maximum absolute atomic E-state index is 10.5. The van der Waals surface area contributed by atoms with Gasteiger partial charge in [0.25, 0.3) is 0 Å². The highest BCUT2D eigenvalue weighted by Gasteiger charge is 2.17. The van der Waals surface area contributed by atoms with Crippen LogP contribution < -0.4 is 18.9 Å². The Bertz CT molecular complexity index is 673. The van der Waals surface area contributed by atoms with Crippen LogP contribution >= 0.6 is 0 Å². The number of hydrogen-bond acceptors (Lipinski definition) is 6. The Hall–Kier alpha value is -2.60. The SMILES string of the molecule is COc1ccc([C@@H](O)Cc2cc(OC)c(OC)c(OC)c2)cc1O. The van der Waals surface area contributed by atoms with Crippen LogP contribution in [-0.4, -0.2) is 38.7 Å². The van der Waals surface area contributed by atoms with Crippen LogP contribution in [0.25, 0.3) is 0 Å². The molecule has 0 aliphatic heterocycles. The number of methoxy groups -OCH3 is 4. The third-order valence-electron chi connectivity index (χ3n) is 3.74. The van der Waals surface area contributed by atoms with Gasteiger partial charge in [-0.05, 0) is 35.4 Å². The average molecular weight is 334 g/mol. The lowest BCUT2D eigenvalue weighted by atomic mass is 10.0. The molecular weight excluding hydrogens is 312 g/mol. The van der Waals surface area contributed by atoms with Crippen LogP contribution in [0.15, 0.2) is 30.3 Å². The molecule has 2 N–H and O–H groups in total. The van der Waals surface area contributed by atoms with Crippen LogP contribution in [-0.2, 0) is 6.42 Å². The van der Waals surface area contributed by atoms with Gasteiger partial charge in [-0.2, -0.15) is 0 Å². The second-order valence-electron chi connectivity index (χ2n) is 5.18. The monoisotopic (exact) mass is 334 g/mol. The first-order valence-corrected chi connectivity index (χ1v) is 7.37. The van der Waals surface area contributed by atoms with E-state index in [1.807, 2.05) is 0 Å². The maximum atomic E-state index is 10.5. The second kappa shape index (κ2) is 7.79. The van der Waals surface area contributed by atoms with Gasteiger partial charge in [-0.25, -0.2) is 0 Å². The van der Waals surface area contributed by atoms with E-state index >= 15 is 0 Å². The van der Waals surface area contributed by atoms with E-state index in [1.165, 1.54) is 20.3 Å². The third kappa shape index (κ3) is 3.65. The first kappa shape index (κ1) is 17.7. The minimum atomic E-state index is -0.801. The molecule has 0 heterocycles. The molecule has 0 saturated heterocycles. The van der Waals surface area contributed by atoms with E-state index in [2.05, 4.69) is 0 Å². The van der Waals surface area contributed by atoms with E-state index < -0.39 is 6.10 Å². The van der Waals surface area contributed by atoms with Crippen LogP contribution in [0.1, 0.15) is 17.2 Å². The fourth-order valence-corrected chi connectivity index (χ4v) is 2.51. The van der Waals surface area contributed by atoms with Gasteiger partial charge in [0.2, 0.25) is 5.75 Å². The largest absolute Gasteiger partial charge is 0.504 e. The van der Waals surface area contributed by atoms with Crippen LogP contribution in [0.3, 0.4) is 0 Å². The van der Waals surface area contributed by atoms with Crippen LogP contribution in [0.5, 0.6) is 28.7 Å². The van der Waals surface area contributed by atoms with E-state index in [1.54, 1.807) is 38.5 Å². The molecule has 0 bridgehead atoms. The molecule has 0 aliphatic rings. The van der Waals surface area contributed by atoms with Gasteiger partial charge in [0.05, 0.1) is 34.5 Å². The van der Waals surface area contributed by atoms with Crippen LogP contribution in [0.2, 0.25) is 0 Å². The fraction of sp³-hybridized carbons (Fsp3) is 0.333. The van der Waals surface area contributed by atoms with Gasteiger partial charge in [0, 0.05) is 6.42 Å². The number of aliphatic hydroxyl groups excluding tert-OH is 1. The van der Waals surface area contributed by atoms with Crippen molar-refractivity contribution in [2.75, 3.05) is 28.4 Å². The number of ether oxygens (including phenoxy) is 4. The van der Waals surface area contributed by atoms with Crippen LogP contribution in [0.4, 0.5) is 0 Å². The summed E-state index contributed by atoms with van der Waals surface area (Å²) in [6.45, 7) is 0. The smallest absolute Gasteiger partial charge is 0.203 e. The third-order valence-corrected chi connectivity index (χ3v) is 3.74. The molecule has 2 aromatic carbocycles. The van der Waals surface area contributed by atoms with Crippen molar-refractivity contribution in [2.45, 2.75) is 12.5 Å². The molecule has 130 valence electrons. The quantitative estimate of drug-likeness (QED) is 0.811. The molecule has 1 atom stereocenters. The van der Waals surface area contributed by atoms with Crippen molar-refractivity contribution in [1.82, 2.24) is 0 Å². The molecule has 6 nitrogen and oxygen atoms in total. The van der Waals surface area contributed by atoms with Gasteiger partial charge >= 0.3 is 0 Å². The summed E-state index contributed by atoms with van der Waals surface area (Å²) in [5.74, 6) is 1.89. The van der Waals surface area contributed by atoms with Gasteiger partial charge in [-0.1, -0.05) is 6.07 Å². The Balaban J connectivity index is 2.28. The first-order valence-electron chi connectivity index (χ1n) is 7.37. The molecule has 0 radical (unpaired) electrons. The highest BCUT2D eigenvalue weighted by molar-refractivity contribution is 5.54. The summed E-state index contributed by atoms with van der Waals surface area (Å²) in [5, 5.41) is 20.3. The number of benzene rings is 2. The molecule has 0 spiro atoms. The van der Waals surface area contributed by atoms with Gasteiger partial charge in [-0.15, -0.1) is 0 Å². The zero-order valence-electron chi connectivity index (χ0n) is 14.2. The van der Waals surface area contributed by atoms with Crippen LogP contribution in [0, 0.1) is 0 Å².